The SMILES string of the molecule is CC(=O)OC1O[C@H](C)C(F)(F)[C@H]1OCc1ccccc1. The summed E-state index contributed by atoms with van der Waals surface area (Å²) in [4.78, 5) is 10.9. The topological polar surface area (TPSA) is 44.8 Å². The Bertz CT molecular complexity index is 464. The molecular weight excluding hydrogens is 270 g/mol. The van der Waals surface area contributed by atoms with Crippen molar-refractivity contribution in [2.24, 2.45) is 0 Å². The minimum atomic E-state index is -3.21. The van der Waals surface area contributed by atoms with Crippen LogP contribution in [0.25, 0.3) is 0 Å². The quantitative estimate of drug-likeness (QED) is 0.798. The molecule has 1 unspecified atom stereocenters. The first-order chi connectivity index (χ1) is 9.41. The molecule has 4 nitrogen and oxygen atoms in total. The minimum absolute atomic E-state index is 0.00502. The van der Waals surface area contributed by atoms with Crippen LogP contribution in [-0.4, -0.2) is 30.4 Å². The Morgan fingerprint density at radius 3 is 2.60 bits per heavy atom. The van der Waals surface area contributed by atoms with E-state index in [4.69, 9.17) is 14.2 Å². The molecule has 0 amide bonds. The van der Waals surface area contributed by atoms with Crippen molar-refractivity contribution in [3.8, 4) is 0 Å². The second-order valence-corrected chi connectivity index (χ2v) is 4.65. The molecule has 20 heavy (non-hydrogen) atoms. The third-order valence-electron chi connectivity index (χ3n) is 3.06. The van der Waals surface area contributed by atoms with Gasteiger partial charge in [-0.2, -0.15) is 0 Å². The number of rotatable bonds is 4. The van der Waals surface area contributed by atoms with Crippen LogP contribution in [0, 0.1) is 0 Å². The summed E-state index contributed by atoms with van der Waals surface area (Å²) in [6.07, 6.45) is -4.37. The number of halogens is 2. The lowest BCUT2D eigenvalue weighted by Gasteiger charge is -2.22. The molecule has 3 atom stereocenters. The van der Waals surface area contributed by atoms with Crippen molar-refractivity contribution >= 4 is 5.97 Å². The first-order valence-corrected chi connectivity index (χ1v) is 6.27. The number of hydrogen-bond acceptors (Lipinski definition) is 4. The molecule has 0 saturated carbocycles. The van der Waals surface area contributed by atoms with Gasteiger partial charge in [-0.25, -0.2) is 8.78 Å². The highest BCUT2D eigenvalue weighted by molar-refractivity contribution is 5.66. The molecule has 1 aliphatic heterocycles. The molecule has 0 spiro atoms. The van der Waals surface area contributed by atoms with Gasteiger partial charge >= 0.3 is 11.9 Å². The van der Waals surface area contributed by atoms with Gasteiger partial charge in [0.25, 0.3) is 0 Å². The number of ether oxygens (including phenoxy) is 3. The number of esters is 1. The molecule has 1 aromatic rings. The van der Waals surface area contributed by atoms with E-state index in [0.29, 0.717) is 0 Å². The maximum atomic E-state index is 14.0. The Kier molecular flexibility index (Phi) is 4.35. The molecule has 0 aromatic heterocycles. The molecule has 6 heteroatoms. The average molecular weight is 286 g/mol. The number of hydrogen-bond donors (Lipinski definition) is 0. The summed E-state index contributed by atoms with van der Waals surface area (Å²) in [5, 5.41) is 0. The highest BCUT2D eigenvalue weighted by Crippen LogP contribution is 2.38. The van der Waals surface area contributed by atoms with Crippen molar-refractivity contribution in [2.45, 2.75) is 44.9 Å². The van der Waals surface area contributed by atoms with Crippen molar-refractivity contribution in [1.82, 2.24) is 0 Å². The van der Waals surface area contributed by atoms with Crippen LogP contribution in [0.3, 0.4) is 0 Å². The summed E-state index contributed by atoms with van der Waals surface area (Å²) in [6, 6.07) is 8.92. The highest BCUT2D eigenvalue weighted by Gasteiger charge is 2.59. The summed E-state index contributed by atoms with van der Waals surface area (Å²) < 4.78 is 42.9. The standard InChI is InChI=1S/C14H16F2O4/c1-9-14(15,16)12(13(19-9)20-10(2)17)18-8-11-6-4-3-5-7-11/h3-7,9,12-13H,8H2,1-2H3/t9-,12+,13?/m1/s1. The van der Waals surface area contributed by atoms with Crippen LogP contribution < -0.4 is 0 Å². The van der Waals surface area contributed by atoms with E-state index in [-0.39, 0.29) is 6.61 Å². The summed E-state index contributed by atoms with van der Waals surface area (Å²) in [7, 11) is 0. The van der Waals surface area contributed by atoms with Crippen LogP contribution in [0.2, 0.25) is 0 Å². The zero-order valence-corrected chi connectivity index (χ0v) is 11.2. The zero-order chi connectivity index (χ0) is 14.8. The molecule has 0 N–H and O–H groups in total. The molecule has 2 rings (SSSR count). The van der Waals surface area contributed by atoms with Crippen molar-refractivity contribution in [2.75, 3.05) is 0 Å². The van der Waals surface area contributed by atoms with Crippen LogP contribution in [0.4, 0.5) is 8.78 Å². The maximum absolute atomic E-state index is 14.0. The van der Waals surface area contributed by atoms with Crippen LogP contribution in [0.5, 0.6) is 0 Å². The van der Waals surface area contributed by atoms with Crippen LogP contribution in [0.1, 0.15) is 19.4 Å². The van der Waals surface area contributed by atoms with Gasteiger partial charge in [-0.15, -0.1) is 0 Å². The van der Waals surface area contributed by atoms with Crippen molar-refractivity contribution in [3.05, 3.63) is 35.9 Å². The molecule has 1 heterocycles. The summed E-state index contributed by atoms with van der Waals surface area (Å²) in [5.41, 5.74) is 0.754. The lowest BCUT2D eigenvalue weighted by atomic mass is 10.1. The molecule has 0 radical (unpaired) electrons. The Morgan fingerprint density at radius 1 is 1.35 bits per heavy atom. The Morgan fingerprint density at radius 2 is 2.00 bits per heavy atom. The van der Waals surface area contributed by atoms with Crippen molar-refractivity contribution in [3.63, 3.8) is 0 Å². The Labute approximate surface area is 115 Å². The zero-order valence-electron chi connectivity index (χ0n) is 11.2. The predicted octanol–water partition coefficient (Wildman–Crippen LogP) is 2.52. The third-order valence-corrected chi connectivity index (χ3v) is 3.06. The van der Waals surface area contributed by atoms with Crippen LogP contribution in [-0.2, 0) is 25.6 Å². The van der Waals surface area contributed by atoms with Gasteiger partial charge in [0, 0.05) is 6.92 Å². The molecule has 0 aliphatic carbocycles. The second kappa shape index (κ2) is 5.85. The first kappa shape index (κ1) is 14.9. The van der Waals surface area contributed by atoms with E-state index in [0.717, 1.165) is 12.5 Å². The minimum Gasteiger partial charge on any atom is -0.433 e. The van der Waals surface area contributed by atoms with E-state index in [1.807, 2.05) is 6.07 Å². The smallest absolute Gasteiger partial charge is 0.305 e. The van der Waals surface area contributed by atoms with Gasteiger partial charge < -0.3 is 14.2 Å². The predicted molar refractivity (Wildman–Crippen MR) is 66.1 cm³/mol. The van der Waals surface area contributed by atoms with E-state index in [9.17, 15) is 13.6 Å². The Hall–Kier alpha value is -1.53. The monoisotopic (exact) mass is 286 g/mol. The fourth-order valence-corrected chi connectivity index (χ4v) is 1.98. The molecule has 1 saturated heterocycles. The maximum Gasteiger partial charge on any atom is 0.305 e. The molecule has 1 aromatic carbocycles. The summed E-state index contributed by atoms with van der Waals surface area (Å²) >= 11 is 0. The Balaban J connectivity index is 2.06. The van der Waals surface area contributed by atoms with Gasteiger partial charge in [0.15, 0.2) is 6.10 Å². The van der Waals surface area contributed by atoms with Crippen LogP contribution in [0.15, 0.2) is 30.3 Å². The number of carbonyl (C=O) groups excluding carboxylic acids is 1. The second-order valence-electron chi connectivity index (χ2n) is 4.65. The van der Waals surface area contributed by atoms with Crippen LogP contribution >= 0.6 is 0 Å². The van der Waals surface area contributed by atoms with Gasteiger partial charge in [-0.05, 0) is 12.5 Å². The molecule has 1 fully saturated rings. The summed E-state index contributed by atoms with van der Waals surface area (Å²) in [5.74, 6) is -3.90. The molecular formula is C14H16F2O4. The lowest BCUT2D eigenvalue weighted by Crippen LogP contribution is -2.42. The normalized spacial score (nSPS) is 28.3. The molecule has 1 aliphatic rings. The van der Waals surface area contributed by atoms with E-state index in [2.05, 4.69) is 0 Å². The summed E-state index contributed by atoms with van der Waals surface area (Å²) in [6.45, 7) is 2.36. The lowest BCUT2D eigenvalue weighted by molar-refractivity contribution is -0.196. The van der Waals surface area contributed by atoms with Crippen molar-refractivity contribution < 1.29 is 27.8 Å². The largest absolute Gasteiger partial charge is 0.433 e. The van der Waals surface area contributed by atoms with Crippen molar-refractivity contribution in [1.29, 1.82) is 0 Å². The number of benzene rings is 1. The average Bonchev–Trinajstić information content (AvgIpc) is 2.58. The van der Waals surface area contributed by atoms with E-state index in [1.54, 1.807) is 24.3 Å². The third kappa shape index (κ3) is 3.13. The highest BCUT2D eigenvalue weighted by atomic mass is 19.3. The number of carbonyl (C=O) groups is 1. The first-order valence-electron chi connectivity index (χ1n) is 6.27. The van der Waals surface area contributed by atoms with Gasteiger partial charge in [-0.3, -0.25) is 4.79 Å². The van der Waals surface area contributed by atoms with Gasteiger partial charge in [-0.1, -0.05) is 30.3 Å². The van der Waals surface area contributed by atoms with E-state index in [1.165, 1.54) is 6.92 Å². The number of alkyl halides is 2. The fourth-order valence-electron chi connectivity index (χ4n) is 1.98. The van der Waals surface area contributed by atoms with Gasteiger partial charge in [0.05, 0.1) is 6.61 Å². The molecule has 0 bridgehead atoms. The van der Waals surface area contributed by atoms with E-state index >= 15 is 0 Å². The van der Waals surface area contributed by atoms with Gasteiger partial charge in [0.1, 0.15) is 6.10 Å². The van der Waals surface area contributed by atoms with E-state index < -0.39 is 30.4 Å². The van der Waals surface area contributed by atoms with Gasteiger partial charge in [0.2, 0.25) is 6.29 Å². The fraction of sp³-hybridized carbons (Fsp3) is 0.500. The molecule has 110 valence electrons.